The minimum absolute atomic E-state index is 0.323. The molecule has 2 fully saturated rings. The van der Waals surface area contributed by atoms with E-state index < -0.39 is 16.8 Å². The molecule has 4 heteroatoms. The molecule has 0 aromatic rings. The fourth-order valence-corrected chi connectivity index (χ4v) is 3.32. The van der Waals surface area contributed by atoms with E-state index in [1.54, 1.807) is 0 Å². The second-order valence-electron chi connectivity index (χ2n) is 4.67. The molecule has 0 radical (unpaired) electrons. The molecule has 0 aromatic heterocycles. The zero-order valence-electron chi connectivity index (χ0n) is 8.91. The lowest BCUT2D eigenvalue weighted by Crippen LogP contribution is -2.62. The van der Waals surface area contributed by atoms with Crippen LogP contribution in [0.2, 0.25) is 0 Å². The van der Waals surface area contributed by atoms with E-state index in [0.29, 0.717) is 25.7 Å². The highest BCUT2D eigenvalue weighted by Crippen LogP contribution is 2.65. The summed E-state index contributed by atoms with van der Waals surface area (Å²) in [6.45, 7) is 0. The Morgan fingerprint density at radius 2 is 1.60 bits per heavy atom. The smallest absolute Gasteiger partial charge is 0.312 e. The van der Waals surface area contributed by atoms with Gasteiger partial charge in [0, 0.05) is 0 Å². The first-order valence-electron chi connectivity index (χ1n) is 5.41. The predicted molar refractivity (Wildman–Crippen MR) is 52.2 cm³/mol. The predicted octanol–water partition coefficient (Wildman–Crippen LogP) is 1.58. The van der Waals surface area contributed by atoms with Gasteiger partial charge < -0.3 is 9.84 Å². The van der Waals surface area contributed by atoms with Crippen LogP contribution < -0.4 is 0 Å². The van der Waals surface area contributed by atoms with Crippen molar-refractivity contribution in [3.63, 3.8) is 0 Å². The Bertz CT molecular complexity index is 312. The summed E-state index contributed by atoms with van der Waals surface area (Å²) in [6, 6.07) is 0. The first-order valence-corrected chi connectivity index (χ1v) is 5.41. The summed E-state index contributed by atoms with van der Waals surface area (Å²) < 4.78 is 4.79. The third-order valence-electron chi connectivity index (χ3n) is 4.34. The summed E-state index contributed by atoms with van der Waals surface area (Å²) in [5.41, 5.74) is -1.54. The maximum Gasteiger partial charge on any atom is 0.312 e. The summed E-state index contributed by atoms with van der Waals surface area (Å²) in [5.74, 6) is -1.14. The fourth-order valence-electron chi connectivity index (χ4n) is 3.32. The molecule has 0 amide bonds. The van der Waals surface area contributed by atoms with Crippen LogP contribution in [0.15, 0.2) is 0 Å². The van der Waals surface area contributed by atoms with Gasteiger partial charge in [-0.05, 0) is 25.7 Å². The van der Waals surface area contributed by atoms with Crippen LogP contribution >= 0.6 is 0 Å². The van der Waals surface area contributed by atoms with Crippen molar-refractivity contribution < 1.29 is 19.4 Å². The van der Waals surface area contributed by atoms with E-state index in [1.165, 1.54) is 7.11 Å². The Kier molecular flexibility index (Phi) is 2.24. The largest absolute Gasteiger partial charge is 0.481 e. The van der Waals surface area contributed by atoms with Gasteiger partial charge in [0.15, 0.2) is 0 Å². The lowest BCUT2D eigenvalue weighted by molar-refractivity contribution is -0.203. The Balaban J connectivity index is 2.36. The summed E-state index contributed by atoms with van der Waals surface area (Å²) in [7, 11) is 1.34. The van der Waals surface area contributed by atoms with Crippen LogP contribution in [0.25, 0.3) is 0 Å². The van der Waals surface area contributed by atoms with Gasteiger partial charge in [0.05, 0.1) is 17.9 Å². The highest BCUT2D eigenvalue weighted by Gasteiger charge is 2.68. The second-order valence-corrected chi connectivity index (χ2v) is 4.67. The summed E-state index contributed by atoms with van der Waals surface area (Å²) >= 11 is 0. The van der Waals surface area contributed by atoms with Crippen molar-refractivity contribution in [2.24, 2.45) is 10.8 Å². The molecule has 15 heavy (non-hydrogen) atoms. The lowest BCUT2D eigenvalue weighted by Gasteiger charge is -2.57. The lowest BCUT2D eigenvalue weighted by atomic mass is 9.44. The molecular formula is C11H16O4. The average Bonchev–Trinajstić information content (AvgIpc) is 2.19. The van der Waals surface area contributed by atoms with Crippen molar-refractivity contribution in [2.45, 2.75) is 38.5 Å². The fraction of sp³-hybridized carbons (Fsp3) is 0.818. The van der Waals surface area contributed by atoms with Crippen molar-refractivity contribution >= 4 is 11.9 Å². The van der Waals surface area contributed by atoms with Crippen molar-refractivity contribution in [2.75, 3.05) is 7.11 Å². The number of fused-ring (bicyclic) bond motifs is 1. The molecule has 2 aliphatic rings. The topological polar surface area (TPSA) is 63.6 Å². The van der Waals surface area contributed by atoms with Gasteiger partial charge >= 0.3 is 11.9 Å². The van der Waals surface area contributed by atoms with E-state index in [0.717, 1.165) is 12.8 Å². The molecule has 4 nitrogen and oxygen atoms in total. The van der Waals surface area contributed by atoms with Gasteiger partial charge in [0.25, 0.3) is 0 Å². The van der Waals surface area contributed by atoms with Gasteiger partial charge in [-0.25, -0.2) is 0 Å². The molecule has 0 aromatic carbocycles. The summed E-state index contributed by atoms with van der Waals surface area (Å²) in [6.07, 6.45) is 4.43. The molecule has 2 rings (SSSR count). The number of methoxy groups -OCH3 is 1. The van der Waals surface area contributed by atoms with Crippen molar-refractivity contribution in [1.29, 1.82) is 0 Å². The number of hydrogen-bond acceptors (Lipinski definition) is 3. The van der Waals surface area contributed by atoms with E-state index in [2.05, 4.69) is 0 Å². The van der Waals surface area contributed by atoms with Crippen LogP contribution in [0.1, 0.15) is 38.5 Å². The molecular weight excluding hydrogens is 196 g/mol. The number of carbonyl (C=O) groups is 2. The normalized spacial score (nSPS) is 38.7. The standard InChI is InChI=1S/C11H16O4/c1-15-9(14)11-5-3-2-4-10(11,6-7-11)8(12)13/h2-7H2,1H3,(H,12,13)/t10-,11+/m1/s1. The molecule has 2 aliphatic carbocycles. The minimum Gasteiger partial charge on any atom is -0.481 e. The Hall–Kier alpha value is -1.06. The number of carbonyl (C=O) groups excluding carboxylic acids is 1. The highest BCUT2D eigenvalue weighted by atomic mass is 16.5. The quantitative estimate of drug-likeness (QED) is 0.706. The number of aliphatic carboxylic acids is 1. The molecule has 2 atom stereocenters. The van der Waals surface area contributed by atoms with Gasteiger partial charge in [-0.2, -0.15) is 0 Å². The third kappa shape index (κ3) is 1.08. The van der Waals surface area contributed by atoms with Gasteiger partial charge in [-0.1, -0.05) is 12.8 Å². The summed E-state index contributed by atoms with van der Waals surface area (Å²) in [4.78, 5) is 23.1. The second kappa shape index (κ2) is 3.22. The van der Waals surface area contributed by atoms with E-state index >= 15 is 0 Å². The number of rotatable bonds is 2. The zero-order valence-corrected chi connectivity index (χ0v) is 8.91. The van der Waals surface area contributed by atoms with Crippen LogP contribution in [0.5, 0.6) is 0 Å². The van der Waals surface area contributed by atoms with Crippen LogP contribution in [0.3, 0.4) is 0 Å². The Labute approximate surface area is 88.6 Å². The molecule has 2 saturated carbocycles. The molecule has 84 valence electrons. The van der Waals surface area contributed by atoms with Gasteiger partial charge in [0.2, 0.25) is 0 Å². The Morgan fingerprint density at radius 3 is 2.00 bits per heavy atom. The van der Waals surface area contributed by atoms with Crippen LogP contribution in [0.4, 0.5) is 0 Å². The zero-order chi connectivity index (χ0) is 11.1. The molecule has 0 bridgehead atoms. The molecule has 0 spiro atoms. The number of carboxylic acids is 1. The van der Waals surface area contributed by atoms with Crippen molar-refractivity contribution in [1.82, 2.24) is 0 Å². The van der Waals surface area contributed by atoms with Crippen molar-refractivity contribution in [3.8, 4) is 0 Å². The van der Waals surface area contributed by atoms with Crippen molar-refractivity contribution in [3.05, 3.63) is 0 Å². The average molecular weight is 212 g/mol. The van der Waals surface area contributed by atoms with E-state index in [4.69, 9.17) is 4.74 Å². The van der Waals surface area contributed by atoms with Gasteiger partial charge in [-0.15, -0.1) is 0 Å². The Morgan fingerprint density at radius 1 is 1.07 bits per heavy atom. The molecule has 0 unspecified atom stereocenters. The first kappa shape index (κ1) is 10.5. The van der Waals surface area contributed by atoms with E-state index in [9.17, 15) is 14.7 Å². The number of esters is 1. The van der Waals surface area contributed by atoms with Crippen LogP contribution in [-0.2, 0) is 14.3 Å². The van der Waals surface area contributed by atoms with Gasteiger partial charge in [-0.3, -0.25) is 9.59 Å². The summed E-state index contributed by atoms with van der Waals surface area (Å²) in [5, 5.41) is 9.32. The monoisotopic (exact) mass is 212 g/mol. The maximum atomic E-state index is 11.8. The number of carboxylic acid groups (broad SMARTS) is 1. The molecule has 0 heterocycles. The SMILES string of the molecule is COC(=O)[C@@]12CCCC[C@]1(C(=O)O)CC2. The molecule has 0 aliphatic heterocycles. The minimum atomic E-state index is -0.821. The highest BCUT2D eigenvalue weighted by molar-refractivity contribution is 5.90. The molecule has 1 N–H and O–H groups in total. The molecule has 0 saturated heterocycles. The number of hydrogen-bond donors (Lipinski definition) is 1. The van der Waals surface area contributed by atoms with Crippen LogP contribution in [0, 0.1) is 10.8 Å². The van der Waals surface area contributed by atoms with E-state index in [1.807, 2.05) is 0 Å². The third-order valence-corrected chi connectivity index (χ3v) is 4.34. The van der Waals surface area contributed by atoms with Crippen LogP contribution in [-0.4, -0.2) is 24.2 Å². The number of ether oxygens (including phenoxy) is 1. The van der Waals surface area contributed by atoms with Gasteiger partial charge in [0.1, 0.15) is 0 Å². The van der Waals surface area contributed by atoms with E-state index in [-0.39, 0.29) is 5.97 Å². The first-order chi connectivity index (χ1) is 7.09. The maximum absolute atomic E-state index is 11.8.